The van der Waals surface area contributed by atoms with Crippen molar-refractivity contribution in [2.45, 2.75) is 64.5 Å². The fraction of sp³-hybridized carbons (Fsp3) is 0.480. The summed E-state index contributed by atoms with van der Waals surface area (Å²) in [7, 11) is 0. The van der Waals surface area contributed by atoms with E-state index in [0.717, 1.165) is 49.3 Å². The number of H-pyrrole nitrogens is 1. The number of aromatic amines is 1. The third kappa shape index (κ3) is 3.42. The Morgan fingerprint density at radius 2 is 1.73 bits per heavy atom. The van der Waals surface area contributed by atoms with Gasteiger partial charge in [0.2, 0.25) is 0 Å². The van der Waals surface area contributed by atoms with E-state index in [1.165, 1.54) is 23.0 Å². The molecule has 0 atom stereocenters. The zero-order valence-corrected chi connectivity index (χ0v) is 19.6. The number of rotatable bonds is 2. The van der Waals surface area contributed by atoms with Crippen LogP contribution in [0, 0.1) is 6.92 Å². The molecule has 0 radical (unpaired) electrons. The molecule has 5 rings (SSSR count). The van der Waals surface area contributed by atoms with Gasteiger partial charge >= 0.3 is 6.18 Å². The molecule has 0 spiro atoms. The number of hydrogen-bond acceptors (Lipinski definition) is 4. The molecule has 8 heteroatoms. The Morgan fingerprint density at radius 3 is 2.42 bits per heavy atom. The quantitative estimate of drug-likeness (QED) is 0.513. The Morgan fingerprint density at radius 1 is 1.03 bits per heavy atom. The van der Waals surface area contributed by atoms with E-state index in [1.54, 1.807) is 0 Å². The number of anilines is 1. The highest BCUT2D eigenvalue weighted by Gasteiger charge is 2.42. The van der Waals surface area contributed by atoms with Gasteiger partial charge in [0.25, 0.3) is 0 Å². The molecule has 0 saturated carbocycles. The van der Waals surface area contributed by atoms with Crippen LogP contribution in [0.2, 0.25) is 0 Å². The van der Waals surface area contributed by atoms with Crippen molar-refractivity contribution in [2.75, 3.05) is 18.0 Å². The van der Waals surface area contributed by atoms with E-state index < -0.39 is 11.7 Å². The molecule has 0 fully saturated rings. The summed E-state index contributed by atoms with van der Waals surface area (Å²) >= 11 is 0. The summed E-state index contributed by atoms with van der Waals surface area (Å²) in [5.41, 5.74) is 4.97. The topological polar surface area (TPSA) is 57.7 Å². The van der Waals surface area contributed by atoms with Crippen molar-refractivity contribution < 1.29 is 13.2 Å². The van der Waals surface area contributed by atoms with Crippen molar-refractivity contribution in [3.63, 3.8) is 0 Å². The van der Waals surface area contributed by atoms with Gasteiger partial charge in [-0.2, -0.15) is 18.3 Å². The van der Waals surface area contributed by atoms with Gasteiger partial charge in [-0.25, -0.2) is 4.98 Å². The number of nitrogens with zero attached hydrogens (tertiary/aromatic N) is 4. The van der Waals surface area contributed by atoms with Gasteiger partial charge in [-0.1, -0.05) is 27.7 Å². The number of nitrogens with one attached hydrogen (secondary N) is 1. The average molecular weight is 456 g/mol. The molecule has 2 aliphatic heterocycles. The van der Waals surface area contributed by atoms with Crippen molar-refractivity contribution in [3.8, 4) is 22.8 Å². The van der Waals surface area contributed by atoms with Gasteiger partial charge in [0.1, 0.15) is 0 Å². The maximum Gasteiger partial charge on any atom is 0.417 e. The molecule has 174 valence electrons. The first-order valence-electron chi connectivity index (χ1n) is 11.3. The number of halogens is 3. The number of aromatic nitrogens is 4. The Kier molecular flexibility index (Phi) is 4.68. The molecule has 3 aromatic rings. The minimum Gasteiger partial charge on any atom is -0.371 e. The van der Waals surface area contributed by atoms with Crippen molar-refractivity contribution in [1.29, 1.82) is 0 Å². The maximum absolute atomic E-state index is 13.5. The highest BCUT2D eigenvalue weighted by molar-refractivity contribution is 5.78. The van der Waals surface area contributed by atoms with Crippen LogP contribution in [0.1, 0.15) is 62.8 Å². The van der Waals surface area contributed by atoms with Crippen molar-refractivity contribution in [2.24, 2.45) is 0 Å². The lowest BCUT2D eigenvalue weighted by molar-refractivity contribution is -0.137. The van der Waals surface area contributed by atoms with Gasteiger partial charge in [0.15, 0.2) is 11.6 Å². The largest absolute Gasteiger partial charge is 0.417 e. The molecule has 0 amide bonds. The second-order valence-electron chi connectivity index (χ2n) is 10.5. The smallest absolute Gasteiger partial charge is 0.371 e. The molecule has 2 aromatic heterocycles. The molecule has 2 aliphatic rings. The molecular formula is C25H28F3N5. The van der Waals surface area contributed by atoms with E-state index in [2.05, 4.69) is 65.8 Å². The zero-order chi connectivity index (χ0) is 23.8. The first kappa shape index (κ1) is 21.9. The molecule has 5 nitrogen and oxygen atoms in total. The minimum atomic E-state index is -4.51. The highest BCUT2D eigenvalue weighted by atomic mass is 19.4. The minimum absolute atomic E-state index is 0.00339. The molecule has 0 bridgehead atoms. The third-order valence-electron chi connectivity index (χ3n) is 7.40. The second-order valence-corrected chi connectivity index (χ2v) is 10.5. The predicted molar refractivity (Wildman–Crippen MR) is 122 cm³/mol. The first-order chi connectivity index (χ1) is 15.4. The van der Waals surface area contributed by atoms with E-state index >= 15 is 0 Å². The SMILES string of the molecule is Cc1c(-c2nc(-c3cnccc3C(F)(F)F)n[nH]2)cc2c3c1C(C)(C)CCN3CCC2(C)C. The molecule has 1 aromatic carbocycles. The first-order valence-corrected chi connectivity index (χ1v) is 11.3. The van der Waals surface area contributed by atoms with Crippen LogP contribution in [0.4, 0.5) is 18.9 Å². The molecule has 0 unspecified atom stereocenters. The number of hydrogen-bond donors (Lipinski definition) is 1. The fourth-order valence-electron chi connectivity index (χ4n) is 5.43. The van der Waals surface area contributed by atoms with E-state index in [9.17, 15) is 13.2 Å². The second kappa shape index (κ2) is 7.05. The van der Waals surface area contributed by atoms with Crippen LogP contribution in [-0.2, 0) is 17.0 Å². The molecular weight excluding hydrogens is 427 g/mol. The van der Waals surface area contributed by atoms with Crippen molar-refractivity contribution in [1.82, 2.24) is 20.2 Å². The van der Waals surface area contributed by atoms with E-state index in [0.29, 0.717) is 5.82 Å². The summed E-state index contributed by atoms with van der Waals surface area (Å²) in [4.78, 5) is 10.9. The Balaban J connectivity index is 1.70. The van der Waals surface area contributed by atoms with Gasteiger partial charge in [-0.15, -0.1) is 0 Å². The van der Waals surface area contributed by atoms with Crippen LogP contribution in [0.3, 0.4) is 0 Å². The van der Waals surface area contributed by atoms with Crippen LogP contribution in [0.15, 0.2) is 24.5 Å². The fourth-order valence-corrected chi connectivity index (χ4v) is 5.43. The average Bonchev–Trinajstić information content (AvgIpc) is 3.21. The summed E-state index contributed by atoms with van der Waals surface area (Å²) in [6.45, 7) is 13.2. The van der Waals surface area contributed by atoms with Gasteiger partial charge < -0.3 is 4.90 Å². The molecule has 1 N–H and O–H groups in total. The number of alkyl halides is 3. The van der Waals surface area contributed by atoms with E-state index in [1.807, 2.05) is 0 Å². The Hall–Kier alpha value is -2.90. The molecule has 4 heterocycles. The Bertz CT molecular complexity index is 1240. The van der Waals surface area contributed by atoms with Crippen molar-refractivity contribution >= 4 is 5.69 Å². The summed E-state index contributed by atoms with van der Waals surface area (Å²) < 4.78 is 40.6. The van der Waals surface area contributed by atoms with Gasteiger partial charge in [0, 0.05) is 36.7 Å². The highest BCUT2D eigenvalue weighted by Crippen LogP contribution is 2.52. The van der Waals surface area contributed by atoms with E-state index in [-0.39, 0.29) is 22.2 Å². The molecule has 0 aliphatic carbocycles. The molecule has 33 heavy (non-hydrogen) atoms. The lowest BCUT2D eigenvalue weighted by atomic mass is 9.67. The summed E-state index contributed by atoms with van der Waals surface area (Å²) in [5.74, 6) is 0.476. The zero-order valence-electron chi connectivity index (χ0n) is 19.6. The lowest BCUT2D eigenvalue weighted by Gasteiger charge is -2.49. The third-order valence-corrected chi connectivity index (χ3v) is 7.40. The molecule has 0 saturated heterocycles. The van der Waals surface area contributed by atoms with Crippen molar-refractivity contribution in [3.05, 3.63) is 46.8 Å². The standard InChI is InChI=1S/C25H28F3N5/c1-14-15(21-30-22(32-31-21)16-13-29-9-6-17(16)25(26,27)28)12-18-20-19(14)24(4,5)8-11-33(20)10-7-23(18,2)3/h6,9,12-13H,7-8,10-11H2,1-5H3,(H,30,31,32). The van der Waals surface area contributed by atoms with Crippen LogP contribution < -0.4 is 4.90 Å². The van der Waals surface area contributed by atoms with Crippen LogP contribution in [-0.4, -0.2) is 33.3 Å². The lowest BCUT2D eigenvalue weighted by Crippen LogP contribution is -2.45. The normalized spacial score (nSPS) is 18.8. The van der Waals surface area contributed by atoms with Gasteiger partial charge in [-0.3, -0.25) is 10.1 Å². The monoisotopic (exact) mass is 455 g/mol. The van der Waals surface area contributed by atoms with E-state index in [4.69, 9.17) is 0 Å². The maximum atomic E-state index is 13.5. The number of pyridine rings is 1. The summed E-state index contributed by atoms with van der Waals surface area (Å²) in [5, 5.41) is 7.07. The van der Waals surface area contributed by atoms with Gasteiger partial charge in [-0.05, 0) is 59.4 Å². The summed E-state index contributed by atoms with van der Waals surface area (Å²) in [6.07, 6.45) is -0.106. The Labute approximate surface area is 191 Å². The summed E-state index contributed by atoms with van der Waals surface area (Å²) in [6, 6.07) is 3.12. The predicted octanol–water partition coefficient (Wildman–Crippen LogP) is 6.03. The number of benzene rings is 1. The van der Waals surface area contributed by atoms with Crippen LogP contribution in [0.5, 0.6) is 0 Å². The van der Waals surface area contributed by atoms with Crippen LogP contribution in [0.25, 0.3) is 22.8 Å². The van der Waals surface area contributed by atoms with Gasteiger partial charge in [0.05, 0.1) is 11.1 Å². The van der Waals surface area contributed by atoms with Crippen LogP contribution >= 0.6 is 0 Å².